The molecule has 0 radical (unpaired) electrons. The monoisotopic (exact) mass is 368 g/mol. The summed E-state index contributed by atoms with van der Waals surface area (Å²) in [5, 5.41) is 3.95. The van der Waals surface area contributed by atoms with E-state index >= 15 is 0 Å². The molecule has 0 aliphatic heterocycles. The van der Waals surface area contributed by atoms with Crippen LogP contribution >= 0.6 is 0 Å². The number of nitrogens with one attached hydrogen (secondary N) is 1. The highest BCUT2D eigenvalue weighted by molar-refractivity contribution is 5.99. The highest BCUT2D eigenvalue weighted by Crippen LogP contribution is 2.29. The summed E-state index contributed by atoms with van der Waals surface area (Å²) in [4.78, 5) is 29.4. The molecule has 1 aliphatic carbocycles. The van der Waals surface area contributed by atoms with E-state index in [-0.39, 0.29) is 18.6 Å². The van der Waals surface area contributed by atoms with Crippen LogP contribution in [0, 0.1) is 25.7 Å². The Hall–Kier alpha value is -2.43. The molecule has 144 valence electrons. The Bertz CT molecular complexity index is 862. The third kappa shape index (κ3) is 4.12. The number of carbonyl (C=O) groups is 2. The number of fused-ring (bicyclic) bond motifs is 1. The maximum Gasteiger partial charge on any atom is 0.340 e. The number of amides is 1. The molecule has 3 rings (SSSR count). The van der Waals surface area contributed by atoms with E-state index in [2.05, 4.69) is 24.1 Å². The van der Waals surface area contributed by atoms with E-state index in [1.165, 1.54) is 6.42 Å². The van der Waals surface area contributed by atoms with Crippen molar-refractivity contribution in [3.05, 3.63) is 41.1 Å². The minimum Gasteiger partial charge on any atom is -0.452 e. The van der Waals surface area contributed by atoms with Gasteiger partial charge in [-0.25, -0.2) is 4.79 Å². The van der Waals surface area contributed by atoms with Gasteiger partial charge in [0, 0.05) is 11.4 Å². The number of esters is 1. The van der Waals surface area contributed by atoms with Gasteiger partial charge in [0.2, 0.25) is 0 Å². The number of aromatic nitrogens is 1. The second-order valence-electron chi connectivity index (χ2n) is 7.73. The van der Waals surface area contributed by atoms with Crippen molar-refractivity contribution in [2.45, 2.75) is 53.0 Å². The van der Waals surface area contributed by atoms with E-state index in [1.54, 1.807) is 6.92 Å². The lowest BCUT2D eigenvalue weighted by atomic mass is 9.78. The average Bonchev–Trinajstić information content (AvgIpc) is 2.64. The number of aryl methyl sites for hydroxylation is 2. The molecule has 2 aromatic rings. The first-order valence-electron chi connectivity index (χ1n) is 9.71. The van der Waals surface area contributed by atoms with E-state index < -0.39 is 5.97 Å². The predicted octanol–water partition coefficient (Wildman–Crippen LogP) is 3.95. The Labute approximate surface area is 160 Å². The molecule has 0 bridgehead atoms. The second-order valence-corrected chi connectivity index (χ2v) is 7.73. The predicted molar refractivity (Wildman–Crippen MR) is 106 cm³/mol. The first kappa shape index (κ1) is 19.3. The minimum atomic E-state index is -0.497. The van der Waals surface area contributed by atoms with Crippen molar-refractivity contribution in [2.24, 2.45) is 11.8 Å². The van der Waals surface area contributed by atoms with Gasteiger partial charge < -0.3 is 10.1 Å². The number of ether oxygens (including phenoxy) is 1. The van der Waals surface area contributed by atoms with Crippen molar-refractivity contribution in [1.82, 2.24) is 10.3 Å². The van der Waals surface area contributed by atoms with Crippen LogP contribution < -0.4 is 5.32 Å². The second kappa shape index (κ2) is 8.07. The van der Waals surface area contributed by atoms with Gasteiger partial charge in [-0.15, -0.1) is 0 Å². The fourth-order valence-corrected chi connectivity index (χ4v) is 4.07. The molecule has 3 atom stereocenters. The molecule has 1 fully saturated rings. The molecule has 5 nitrogen and oxygen atoms in total. The maximum atomic E-state index is 12.6. The van der Waals surface area contributed by atoms with Crippen LogP contribution in [0.25, 0.3) is 10.9 Å². The van der Waals surface area contributed by atoms with Gasteiger partial charge in [0.05, 0.1) is 16.8 Å². The molecule has 1 aromatic carbocycles. The lowest BCUT2D eigenvalue weighted by Gasteiger charge is -2.34. The highest BCUT2D eigenvalue weighted by Gasteiger charge is 2.28. The van der Waals surface area contributed by atoms with Gasteiger partial charge in [0.25, 0.3) is 5.91 Å². The van der Waals surface area contributed by atoms with Crippen LogP contribution in [0.1, 0.15) is 54.7 Å². The molecule has 0 spiro atoms. The van der Waals surface area contributed by atoms with Crippen molar-refractivity contribution in [1.29, 1.82) is 0 Å². The normalized spacial score (nSPS) is 22.4. The zero-order valence-corrected chi connectivity index (χ0v) is 16.5. The molecule has 5 heteroatoms. The van der Waals surface area contributed by atoms with Gasteiger partial charge in [0.1, 0.15) is 0 Å². The Morgan fingerprint density at radius 3 is 2.70 bits per heavy atom. The molecule has 1 aliphatic rings. The highest BCUT2D eigenvalue weighted by atomic mass is 16.5. The molecule has 1 saturated carbocycles. The summed E-state index contributed by atoms with van der Waals surface area (Å²) < 4.78 is 5.31. The smallest absolute Gasteiger partial charge is 0.340 e. The number of benzene rings is 1. The number of hydrogen-bond donors (Lipinski definition) is 1. The summed E-state index contributed by atoms with van der Waals surface area (Å²) in [6.07, 6.45) is 3.31. The number of hydrogen-bond acceptors (Lipinski definition) is 4. The van der Waals surface area contributed by atoms with Gasteiger partial charge in [-0.1, -0.05) is 44.9 Å². The summed E-state index contributed by atoms with van der Waals surface area (Å²) in [6.45, 7) is 7.82. The number of carbonyl (C=O) groups excluding carboxylic acids is 2. The maximum absolute atomic E-state index is 12.6. The largest absolute Gasteiger partial charge is 0.452 e. The Morgan fingerprint density at radius 2 is 1.93 bits per heavy atom. The number of nitrogens with zero attached hydrogens (tertiary/aromatic N) is 1. The topological polar surface area (TPSA) is 68.3 Å². The molecule has 1 N–H and O–H groups in total. The van der Waals surface area contributed by atoms with E-state index in [4.69, 9.17) is 4.74 Å². The Kier molecular flexibility index (Phi) is 5.78. The molecule has 1 amide bonds. The average molecular weight is 368 g/mol. The van der Waals surface area contributed by atoms with Gasteiger partial charge in [-0.3, -0.25) is 9.78 Å². The van der Waals surface area contributed by atoms with Crippen molar-refractivity contribution < 1.29 is 14.3 Å². The first-order chi connectivity index (χ1) is 12.9. The van der Waals surface area contributed by atoms with Crippen molar-refractivity contribution in [3.8, 4) is 0 Å². The fraction of sp³-hybridized carbons (Fsp3) is 0.500. The lowest BCUT2D eigenvalue weighted by molar-refractivity contribution is -0.125. The summed E-state index contributed by atoms with van der Waals surface area (Å²) in [7, 11) is 0. The number of para-hydroxylation sites is 1. The molecule has 0 saturated heterocycles. The molecular formula is C22H28N2O3. The van der Waals surface area contributed by atoms with Gasteiger partial charge in [-0.2, -0.15) is 0 Å². The molecule has 1 aromatic heterocycles. The van der Waals surface area contributed by atoms with Gasteiger partial charge >= 0.3 is 5.97 Å². The van der Waals surface area contributed by atoms with Gasteiger partial charge in [0.15, 0.2) is 6.61 Å². The molecule has 3 unspecified atom stereocenters. The quantitative estimate of drug-likeness (QED) is 0.830. The first-order valence-corrected chi connectivity index (χ1v) is 9.71. The van der Waals surface area contributed by atoms with Crippen LogP contribution in [0.5, 0.6) is 0 Å². The lowest BCUT2D eigenvalue weighted by Crippen LogP contribution is -2.45. The standard InChI is InChI=1S/C22H28N2O3/c1-13-8-7-11-18(14(13)2)24-20(25)12-27-22(26)21-15(3)17-9-5-6-10-19(17)23-16(21)4/h5-6,9-10,13-14,18H,7-8,11-12H2,1-4H3,(H,24,25). The summed E-state index contributed by atoms with van der Waals surface area (Å²) in [5.41, 5.74) is 2.74. The SMILES string of the molecule is Cc1nc2ccccc2c(C)c1C(=O)OCC(=O)NC1CCCC(C)C1C. The van der Waals surface area contributed by atoms with Crippen LogP contribution in [0.2, 0.25) is 0 Å². The summed E-state index contributed by atoms with van der Waals surface area (Å²) in [5.74, 6) is 0.301. The van der Waals surface area contributed by atoms with Crippen LogP contribution in [-0.4, -0.2) is 29.5 Å². The Morgan fingerprint density at radius 1 is 1.19 bits per heavy atom. The van der Waals surface area contributed by atoms with Crippen LogP contribution in [-0.2, 0) is 9.53 Å². The Balaban J connectivity index is 1.66. The summed E-state index contributed by atoms with van der Waals surface area (Å²) >= 11 is 0. The molecule has 1 heterocycles. The van der Waals surface area contributed by atoms with E-state index in [1.807, 2.05) is 31.2 Å². The molecule has 27 heavy (non-hydrogen) atoms. The summed E-state index contributed by atoms with van der Waals surface area (Å²) in [6, 6.07) is 7.85. The van der Waals surface area contributed by atoms with Crippen LogP contribution in [0.15, 0.2) is 24.3 Å². The minimum absolute atomic E-state index is 0.158. The number of rotatable bonds is 4. The van der Waals surface area contributed by atoms with E-state index in [0.29, 0.717) is 23.1 Å². The zero-order chi connectivity index (χ0) is 19.6. The third-order valence-electron chi connectivity index (χ3n) is 5.92. The number of pyridine rings is 1. The van der Waals surface area contributed by atoms with E-state index in [0.717, 1.165) is 29.3 Å². The van der Waals surface area contributed by atoms with Crippen LogP contribution in [0.3, 0.4) is 0 Å². The fourth-order valence-electron chi connectivity index (χ4n) is 4.07. The van der Waals surface area contributed by atoms with Crippen molar-refractivity contribution >= 4 is 22.8 Å². The van der Waals surface area contributed by atoms with Crippen molar-refractivity contribution in [3.63, 3.8) is 0 Å². The van der Waals surface area contributed by atoms with E-state index in [9.17, 15) is 9.59 Å². The zero-order valence-electron chi connectivity index (χ0n) is 16.5. The third-order valence-corrected chi connectivity index (χ3v) is 5.92. The molecular weight excluding hydrogens is 340 g/mol. The van der Waals surface area contributed by atoms with Crippen LogP contribution in [0.4, 0.5) is 0 Å². The van der Waals surface area contributed by atoms with Crippen molar-refractivity contribution in [2.75, 3.05) is 6.61 Å². The van der Waals surface area contributed by atoms with Gasteiger partial charge in [-0.05, 0) is 43.7 Å².